The maximum Gasteiger partial charge on any atom is 0.236 e. The molecule has 1 aliphatic heterocycles. The number of nitrogens with two attached hydrogens (primary N) is 1. The second-order valence-corrected chi connectivity index (χ2v) is 5.30. The van der Waals surface area contributed by atoms with Gasteiger partial charge in [0.15, 0.2) is 0 Å². The number of benzene rings is 1. The molecule has 0 radical (unpaired) electrons. The topological polar surface area (TPSA) is 49.6 Å². The number of hydrogen-bond acceptors (Lipinski definition) is 3. The quantitative estimate of drug-likeness (QED) is 0.888. The maximum absolute atomic E-state index is 12.0. The number of rotatable bonds is 3. The van der Waals surface area contributed by atoms with Gasteiger partial charge in [-0.3, -0.25) is 9.69 Å². The molecule has 1 amide bonds. The van der Waals surface area contributed by atoms with Crippen LogP contribution in [-0.4, -0.2) is 48.9 Å². The monoisotopic (exact) mass is 261 g/mol. The van der Waals surface area contributed by atoms with Gasteiger partial charge in [0, 0.05) is 32.7 Å². The summed E-state index contributed by atoms with van der Waals surface area (Å²) >= 11 is 0. The van der Waals surface area contributed by atoms with E-state index in [1.165, 1.54) is 11.1 Å². The van der Waals surface area contributed by atoms with Gasteiger partial charge in [0.2, 0.25) is 5.91 Å². The van der Waals surface area contributed by atoms with Gasteiger partial charge < -0.3 is 10.6 Å². The molecule has 0 saturated carbocycles. The van der Waals surface area contributed by atoms with E-state index in [1.54, 1.807) is 0 Å². The predicted molar refractivity (Wildman–Crippen MR) is 76.8 cm³/mol. The SMILES string of the molecule is Cc1ccc(C(CN)N2CCCN(C)C(=O)C2)cc1. The molecular formula is C15H23N3O. The Morgan fingerprint density at radius 3 is 2.58 bits per heavy atom. The second-order valence-electron chi connectivity index (χ2n) is 5.30. The van der Waals surface area contributed by atoms with Crippen LogP contribution in [0.4, 0.5) is 0 Å². The van der Waals surface area contributed by atoms with E-state index in [2.05, 4.69) is 36.1 Å². The van der Waals surface area contributed by atoms with Crippen LogP contribution in [0.25, 0.3) is 0 Å². The smallest absolute Gasteiger partial charge is 0.236 e. The molecule has 1 heterocycles. The first kappa shape index (κ1) is 14.0. The molecule has 1 atom stereocenters. The van der Waals surface area contributed by atoms with Crippen molar-refractivity contribution in [3.8, 4) is 0 Å². The average molecular weight is 261 g/mol. The lowest BCUT2D eigenvalue weighted by Gasteiger charge is -2.29. The Kier molecular flexibility index (Phi) is 4.56. The first-order chi connectivity index (χ1) is 9.11. The molecule has 1 aromatic rings. The number of carbonyl (C=O) groups is 1. The number of carbonyl (C=O) groups excluding carboxylic acids is 1. The minimum absolute atomic E-state index is 0.135. The molecule has 1 unspecified atom stereocenters. The van der Waals surface area contributed by atoms with Gasteiger partial charge >= 0.3 is 0 Å². The molecule has 0 bridgehead atoms. The molecular weight excluding hydrogens is 238 g/mol. The summed E-state index contributed by atoms with van der Waals surface area (Å²) in [4.78, 5) is 16.0. The van der Waals surface area contributed by atoms with Gasteiger partial charge in [-0.25, -0.2) is 0 Å². The highest BCUT2D eigenvalue weighted by Gasteiger charge is 2.25. The molecule has 4 nitrogen and oxygen atoms in total. The Hall–Kier alpha value is -1.39. The van der Waals surface area contributed by atoms with E-state index in [-0.39, 0.29) is 11.9 Å². The number of aryl methyl sites for hydroxylation is 1. The van der Waals surface area contributed by atoms with E-state index in [1.807, 2.05) is 11.9 Å². The van der Waals surface area contributed by atoms with Crippen LogP contribution in [0.5, 0.6) is 0 Å². The van der Waals surface area contributed by atoms with Crippen molar-refractivity contribution < 1.29 is 4.79 Å². The van der Waals surface area contributed by atoms with Crippen LogP contribution in [-0.2, 0) is 4.79 Å². The maximum atomic E-state index is 12.0. The molecule has 0 aromatic heterocycles. The van der Waals surface area contributed by atoms with Crippen LogP contribution in [0.1, 0.15) is 23.6 Å². The van der Waals surface area contributed by atoms with E-state index in [0.29, 0.717) is 13.1 Å². The number of hydrogen-bond donors (Lipinski definition) is 1. The highest BCUT2D eigenvalue weighted by molar-refractivity contribution is 5.78. The van der Waals surface area contributed by atoms with Crippen LogP contribution in [0.2, 0.25) is 0 Å². The van der Waals surface area contributed by atoms with Gasteiger partial charge in [0.1, 0.15) is 0 Å². The van der Waals surface area contributed by atoms with Crippen LogP contribution < -0.4 is 5.73 Å². The molecule has 1 fully saturated rings. The average Bonchev–Trinajstić information content (AvgIpc) is 2.56. The summed E-state index contributed by atoms with van der Waals surface area (Å²) in [5.74, 6) is 0.183. The van der Waals surface area contributed by atoms with Crippen LogP contribution in [0, 0.1) is 6.92 Å². The van der Waals surface area contributed by atoms with Crippen LogP contribution in [0.3, 0.4) is 0 Å². The lowest BCUT2D eigenvalue weighted by atomic mass is 10.0. The molecule has 1 saturated heterocycles. The van der Waals surface area contributed by atoms with Crippen LogP contribution in [0.15, 0.2) is 24.3 Å². The Morgan fingerprint density at radius 1 is 1.26 bits per heavy atom. The zero-order valence-electron chi connectivity index (χ0n) is 11.8. The van der Waals surface area contributed by atoms with Crippen molar-refractivity contribution in [1.82, 2.24) is 9.80 Å². The van der Waals surface area contributed by atoms with Crippen molar-refractivity contribution in [2.45, 2.75) is 19.4 Å². The van der Waals surface area contributed by atoms with Crippen molar-refractivity contribution in [1.29, 1.82) is 0 Å². The minimum atomic E-state index is 0.135. The molecule has 2 N–H and O–H groups in total. The summed E-state index contributed by atoms with van der Waals surface area (Å²) in [5.41, 5.74) is 8.38. The molecule has 2 rings (SSSR count). The normalized spacial score (nSPS) is 19.3. The number of amides is 1. The van der Waals surface area contributed by atoms with Gasteiger partial charge in [-0.1, -0.05) is 29.8 Å². The zero-order chi connectivity index (χ0) is 13.8. The fraction of sp³-hybridized carbons (Fsp3) is 0.533. The van der Waals surface area contributed by atoms with Gasteiger partial charge in [-0.15, -0.1) is 0 Å². The molecule has 0 spiro atoms. The van der Waals surface area contributed by atoms with E-state index < -0.39 is 0 Å². The largest absolute Gasteiger partial charge is 0.345 e. The summed E-state index contributed by atoms with van der Waals surface area (Å²) < 4.78 is 0. The third kappa shape index (κ3) is 3.33. The Bertz CT molecular complexity index is 430. The first-order valence-electron chi connectivity index (χ1n) is 6.86. The summed E-state index contributed by atoms with van der Waals surface area (Å²) in [5, 5.41) is 0. The van der Waals surface area contributed by atoms with Gasteiger partial charge in [-0.2, -0.15) is 0 Å². The molecule has 4 heteroatoms. The lowest BCUT2D eigenvalue weighted by Crippen LogP contribution is -2.39. The summed E-state index contributed by atoms with van der Waals surface area (Å²) in [7, 11) is 1.87. The van der Waals surface area contributed by atoms with Gasteiger partial charge in [0.25, 0.3) is 0 Å². The number of likely N-dealkylation sites (N-methyl/N-ethyl adjacent to an activating group) is 1. The molecule has 1 aliphatic rings. The standard InChI is InChI=1S/C15H23N3O/c1-12-4-6-13(7-5-12)14(10-16)18-9-3-8-17(2)15(19)11-18/h4-7,14H,3,8-11,16H2,1-2H3. The second kappa shape index (κ2) is 6.17. The Labute approximate surface area is 115 Å². The third-order valence-corrected chi connectivity index (χ3v) is 3.83. The highest BCUT2D eigenvalue weighted by Crippen LogP contribution is 2.21. The number of nitrogens with zero attached hydrogens (tertiary/aromatic N) is 2. The third-order valence-electron chi connectivity index (χ3n) is 3.83. The van der Waals surface area contributed by atoms with E-state index in [9.17, 15) is 4.79 Å². The van der Waals surface area contributed by atoms with Crippen molar-refractivity contribution in [2.24, 2.45) is 5.73 Å². The summed E-state index contributed by atoms with van der Waals surface area (Å²) in [6.45, 7) is 4.84. The van der Waals surface area contributed by atoms with Crippen molar-refractivity contribution in [2.75, 3.05) is 33.2 Å². The molecule has 19 heavy (non-hydrogen) atoms. The fourth-order valence-electron chi connectivity index (χ4n) is 2.56. The molecule has 1 aromatic carbocycles. The van der Waals surface area contributed by atoms with E-state index in [4.69, 9.17) is 5.73 Å². The predicted octanol–water partition coefficient (Wildman–Crippen LogP) is 1.16. The van der Waals surface area contributed by atoms with E-state index in [0.717, 1.165) is 19.5 Å². The Balaban J connectivity index is 2.16. The fourth-order valence-corrected chi connectivity index (χ4v) is 2.56. The van der Waals surface area contributed by atoms with Crippen molar-refractivity contribution >= 4 is 5.91 Å². The van der Waals surface area contributed by atoms with Crippen molar-refractivity contribution in [3.05, 3.63) is 35.4 Å². The minimum Gasteiger partial charge on any atom is -0.345 e. The van der Waals surface area contributed by atoms with Crippen LogP contribution >= 0.6 is 0 Å². The zero-order valence-corrected chi connectivity index (χ0v) is 11.8. The van der Waals surface area contributed by atoms with Gasteiger partial charge in [-0.05, 0) is 18.9 Å². The Morgan fingerprint density at radius 2 is 1.95 bits per heavy atom. The summed E-state index contributed by atoms with van der Waals surface area (Å²) in [6, 6.07) is 8.57. The van der Waals surface area contributed by atoms with Crippen molar-refractivity contribution in [3.63, 3.8) is 0 Å². The lowest BCUT2D eigenvalue weighted by molar-refractivity contribution is -0.130. The highest BCUT2D eigenvalue weighted by atomic mass is 16.2. The first-order valence-corrected chi connectivity index (χ1v) is 6.86. The summed E-state index contributed by atoms with van der Waals surface area (Å²) in [6.07, 6.45) is 1.00. The molecule has 104 valence electrons. The van der Waals surface area contributed by atoms with E-state index >= 15 is 0 Å². The molecule has 0 aliphatic carbocycles. The van der Waals surface area contributed by atoms with Gasteiger partial charge in [0.05, 0.1) is 6.54 Å².